The Balaban J connectivity index is 2.33. The highest BCUT2D eigenvalue weighted by atomic mass is 32.3. The summed E-state index contributed by atoms with van der Waals surface area (Å²) in [4.78, 5) is 0. The second kappa shape index (κ2) is 7.60. The minimum Gasteiger partial charge on any atom is -0.378 e. The van der Waals surface area contributed by atoms with Gasteiger partial charge in [0.15, 0.2) is 0 Å². The van der Waals surface area contributed by atoms with Gasteiger partial charge in [0.2, 0.25) is 0 Å². The van der Waals surface area contributed by atoms with Gasteiger partial charge in [-0.2, -0.15) is 8.42 Å². The van der Waals surface area contributed by atoms with Crippen LogP contribution in [0.3, 0.4) is 0 Å². The van der Waals surface area contributed by atoms with Gasteiger partial charge >= 0.3 is 10.4 Å². The SMILES string of the molecule is COS(=O)(=O)OCC1CCC(OCC(C)(C)CC(C)(C)C)C1. The zero-order valence-electron chi connectivity index (χ0n) is 14.8. The minimum absolute atomic E-state index is 0.145. The lowest BCUT2D eigenvalue weighted by Gasteiger charge is -2.33. The lowest BCUT2D eigenvalue weighted by molar-refractivity contribution is -0.00986. The van der Waals surface area contributed by atoms with E-state index in [1.54, 1.807) is 0 Å². The molecule has 0 heterocycles. The first kappa shape index (κ1) is 19.9. The molecule has 0 aromatic carbocycles. The van der Waals surface area contributed by atoms with E-state index in [0.29, 0.717) is 0 Å². The maximum Gasteiger partial charge on any atom is 0.399 e. The fourth-order valence-corrected chi connectivity index (χ4v) is 3.84. The van der Waals surface area contributed by atoms with Gasteiger partial charge in [-0.1, -0.05) is 34.6 Å². The summed E-state index contributed by atoms with van der Waals surface area (Å²) < 4.78 is 37.5. The summed E-state index contributed by atoms with van der Waals surface area (Å²) in [6.45, 7) is 12.1. The smallest absolute Gasteiger partial charge is 0.378 e. The van der Waals surface area contributed by atoms with Gasteiger partial charge in [0, 0.05) is 0 Å². The van der Waals surface area contributed by atoms with E-state index in [2.05, 4.69) is 38.8 Å². The Morgan fingerprint density at radius 2 is 1.73 bits per heavy atom. The first-order valence-electron chi connectivity index (χ1n) is 7.99. The van der Waals surface area contributed by atoms with E-state index in [9.17, 15) is 8.42 Å². The van der Waals surface area contributed by atoms with Crippen molar-refractivity contribution in [1.29, 1.82) is 0 Å². The zero-order valence-corrected chi connectivity index (χ0v) is 15.7. The molecule has 2 unspecified atom stereocenters. The predicted octanol–water partition coefficient (Wildman–Crippen LogP) is 3.54. The van der Waals surface area contributed by atoms with Crippen molar-refractivity contribution in [2.75, 3.05) is 20.3 Å². The molecule has 1 rings (SSSR count). The van der Waals surface area contributed by atoms with Crippen LogP contribution in [0.25, 0.3) is 0 Å². The van der Waals surface area contributed by atoms with Gasteiger partial charge in [0.05, 0.1) is 26.4 Å². The van der Waals surface area contributed by atoms with Crippen molar-refractivity contribution in [1.82, 2.24) is 0 Å². The Kier molecular flexibility index (Phi) is 6.87. The lowest BCUT2D eigenvalue weighted by Crippen LogP contribution is -2.28. The summed E-state index contributed by atoms with van der Waals surface area (Å²) in [5.74, 6) is 0.223. The summed E-state index contributed by atoms with van der Waals surface area (Å²) >= 11 is 0. The second-order valence-corrected chi connectivity index (χ2v) is 9.76. The number of hydrogen-bond acceptors (Lipinski definition) is 5. The molecule has 132 valence electrons. The molecular formula is C16H32O5S. The summed E-state index contributed by atoms with van der Waals surface area (Å²) in [6.07, 6.45) is 4.06. The average molecular weight is 336 g/mol. The predicted molar refractivity (Wildman–Crippen MR) is 86.8 cm³/mol. The van der Waals surface area contributed by atoms with Crippen molar-refractivity contribution >= 4 is 10.4 Å². The molecule has 6 heteroatoms. The summed E-state index contributed by atoms with van der Waals surface area (Å²) in [5, 5.41) is 0. The molecule has 0 radical (unpaired) electrons. The Bertz CT molecular complexity index is 436. The average Bonchev–Trinajstić information content (AvgIpc) is 2.79. The monoisotopic (exact) mass is 336 g/mol. The first-order valence-corrected chi connectivity index (χ1v) is 9.32. The molecule has 1 aliphatic rings. The number of hydrogen-bond donors (Lipinski definition) is 0. The minimum atomic E-state index is -3.82. The molecule has 0 aliphatic heterocycles. The highest BCUT2D eigenvalue weighted by Gasteiger charge is 2.30. The topological polar surface area (TPSA) is 61.8 Å². The van der Waals surface area contributed by atoms with Crippen LogP contribution in [0.1, 0.15) is 60.3 Å². The Hall–Kier alpha value is -0.170. The van der Waals surface area contributed by atoms with Gasteiger partial charge in [-0.25, -0.2) is 4.18 Å². The van der Waals surface area contributed by atoms with Gasteiger partial charge in [-0.05, 0) is 42.4 Å². The molecule has 1 aliphatic carbocycles. The maximum atomic E-state index is 11.2. The van der Waals surface area contributed by atoms with Crippen LogP contribution in [0.15, 0.2) is 0 Å². The van der Waals surface area contributed by atoms with Crippen molar-refractivity contribution in [3.8, 4) is 0 Å². The van der Waals surface area contributed by atoms with E-state index < -0.39 is 10.4 Å². The van der Waals surface area contributed by atoms with Crippen LogP contribution in [0.2, 0.25) is 0 Å². The van der Waals surface area contributed by atoms with Gasteiger partial charge in [0.25, 0.3) is 0 Å². The summed E-state index contributed by atoms with van der Waals surface area (Å²) in [7, 11) is -2.72. The molecule has 0 aromatic heterocycles. The fourth-order valence-electron chi connectivity index (χ4n) is 3.39. The number of ether oxygens (including phenoxy) is 1. The van der Waals surface area contributed by atoms with Crippen LogP contribution in [-0.4, -0.2) is 34.8 Å². The molecule has 0 saturated heterocycles. The van der Waals surface area contributed by atoms with Crippen molar-refractivity contribution in [2.45, 2.75) is 66.4 Å². The van der Waals surface area contributed by atoms with Crippen LogP contribution in [-0.2, 0) is 23.5 Å². The van der Waals surface area contributed by atoms with Crippen molar-refractivity contribution < 1.29 is 21.5 Å². The normalized spacial score (nSPS) is 23.9. The third-order valence-corrected chi connectivity index (χ3v) is 4.70. The van der Waals surface area contributed by atoms with Gasteiger partial charge in [-0.3, -0.25) is 4.18 Å². The van der Waals surface area contributed by atoms with Crippen molar-refractivity contribution in [3.63, 3.8) is 0 Å². The highest BCUT2D eigenvalue weighted by molar-refractivity contribution is 7.81. The number of rotatable bonds is 8. The first-order chi connectivity index (χ1) is 9.92. The lowest BCUT2D eigenvalue weighted by atomic mass is 9.77. The molecule has 22 heavy (non-hydrogen) atoms. The molecule has 0 aromatic rings. The van der Waals surface area contributed by atoms with Crippen LogP contribution < -0.4 is 0 Å². The molecule has 0 N–H and O–H groups in total. The van der Waals surface area contributed by atoms with Crippen molar-refractivity contribution in [2.24, 2.45) is 16.7 Å². The van der Waals surface area contributed by atoms with Crippen molar-refractivity contribution in [3.05, 3.63) is 0 Å². The Morgan fingerprint density at radius 1 is 1.09 bits per heavy atom. The molecule has 2 atom stereocenters. The molecule has 5 nitrogen and oxygen atoms in total. The fraction of sp³-hybridized carbons (Fsp3) is 1.00. The van der Waals surface area contributed by atoms with Crippen LogP contribution in [0, 0.1) is 16.7 Å². The Morgan fingerprint density at radius 3 is 2.27 bits per heavy atom. The molecule has 0 amide bonds. The van der Waals surface area contributed by atoms with E-state index in [-0.39, 0.29) is 29.5 Å². The molecule has 0 bridgehead atoms. The zero-order chi connectivity index (χ0) is 17.0. The van der Waals surface area contributed by atoms with E-state index >= 15 is 0 Å². The molecule has 0 spiro atoms. The summed E-state index contributed by atoms with van der Waals surface area (Å²) in [6, 6.07) is 0. The quantitative estimate of drug-likeness (QED) is 0.678. The molecule has 1 fully saturated rings. The standard InChI is InChI=1S/C16H32O5S/c1-15(2,3)11-16(4,5)12-20-14-8-7-13(9-14)10-21-22(17,18)19-6/h13-14H,7-12H2,1-6H3. The van der Waals surface area contributed by atoms with E-state index in [0.717, 1.165) is 39.4 Å². The Labute approximate surface area is 136 Å². The van der Waals surface area contributed by atoms with Crippen LogP contribution in [0.4, 0.5) is 0 Å². The van der Waals surface area contributed by atoms with E-state index in [1.807, 2.05) is 0 Å². The van der Waals surface area contributed by atoms with E-state index in [4.69, 9.17) is 8.92 Å². The van der Waals surface area contributed by atoms with Crippen LogP contribution >= 0.6 is 0 Å². The largest absolute Gasteiger partial charge is 0.399 e. The van der Waals surface area contributed by atoms with Gasteiger partial charge < -0.3 is 4.74 Å². The third kappa shape index (κ3) is 7.90. The molecular weight excluding hydrogens is 304 g/mol. The van der Waals surface area contributed by atoms with E-state index in [1.165, 1.54) is 0 Å². The summed E-state index contributed by atoms with van der Waals surface area (Å²) in [5.41, 5.74) is 0.430. The van der Waals surface area contributed by atoms with Crippen LogP contribution in [0.5, 0.6) is 0 Å². The highest BCUT2D eigenvalue weighted by Crippen LogP contribution is 2.35. The van der Waals surface area contributed by atoms with Gasteiger partial charge in [-0.15, -0.1) is 0 Å². The van der Waals surface area contributed by atoms with Gasteiger partial charge in [0.1, 0.15) is 0 Å². The third-order valence-electron chi connectivity index (χ3n) is 3.86. The maximum absolute atomic E-state index is 11.2. The molecule has 1 saturated carbocycles. The second-order valence-electron chi connectivity index (χ2n) is 8.37.